The van der Waals surface area contributed by atoms with Crippen LogP contribution in [0.1, 0.15) is 62.8 Å². The van der Waals surface area contributed by atoms with Crippen LogP contribution in [0.15, 0.2) is 66.9 Å². The van der Waals surface area contributed by atoms with Crippen molar-refractivity contribution in [3.63, 3.8) is 0 Å². The van der Waals surface area contributed by atoms with Crippen molar-refractivity contribution in [2.45, 2.75) is 44.8 Å². The number of benzene rings is 3. The van der Waals surface area contributed by atoms with Crippen LogP contribution in [0.2, 0.25) is 5.02 Å². The van der Waals surface area contributed by atoms with Gasteiger partial charge in [-0.25, -0.2) is 4.98 Å². The van der Waals surface area contributed by atoms with Gasteiger partial charge in [0.1, 0.15) is 23.5 Å². The van der Waals surface area contributed by atoms with E-state index in [-0.39, 0.29) is 74.7 Å². The lowest BCUT2D eigenvalue weighted by atomic mass is 10.0. The molecule has 1 unspecified atom stereocenters. The van der Waals surface area contributed by atoms with Gasteiger partial charge in [-0.15, -0.1) is 0 Å². The number of carbonyl (C=O) groups is 6. The van der Waals surface area contributed by atoms with Crippen LogP contribution in [0.3, 0.4) is 0 Å². The highest BCUT2D eigenvalue weighted by Gasteiger charge is 2.45. The molecule has 1 saturated heterocycles. The molecule has 3 aliphatic heterocycles. The van der Waals surface area contributed by atoms with Crippen molar-refractivity contribution in [1.29, 1.82) is 0 Å². The number of imide groups is 2. The van der Waals surface area contributed by atoms with E-state index in [9.17, 15) is 28.8 Å². The molecule has 62 heavy (non-hydrogen) atoms. The summed E-state index contributed by atoms with van der Waals surface area (Å²) in [5.41, 5.74) is 3.26. The Labute approximate surface area is 362 Å². The van der Waals surface area contributed by atoms with Crippen LogP contribution in [-0.4, -0.2) is 116 Å². The van der Waals surface area contributed by atoms with E-state index in [1.165, 1.54) is 13.2 Å². The summed E-state index contributed by atoms with van der Waals surface area (Å²) in [6, 6.07) is 15.8. The lowest BCUT2D eigenvalue weighted by Crippen LogP contribution is -2.54. The predicted molar refractivity (Wildman–Crippen MR) is 229 cm³/mol. The molecule has 6 amide bonds. The van der Waals surface area contributed by atoms with Crippen LogP contribution in [0.5, 0.6) is 5.75 Å². The molecule has 4 heterocycles. The molecular weight excluding hydrogens is 822 g/mol. The van der Waals surface area contributed by atoms with E-state index >= 15 is 0 Å². The van der Waals surface area contributed by atoms with Gasteiger partial charge in [0.2, 0.25) is 23.7 Å². The first-order valence-electron chi connectivity index (χ1n) is 20.1. The number of halogens is 1. The molecule has 0 radical (unpaired) electrons. The molecule has 4 N–H and O–H groups in total. The Kier molecular flexibility index (Phi) is 13.6. The van der Waals surface area contributed by atoms with Gasteiger partial charge in [0.15, 0.2) is 5.82 Å². The van der Waals surface area contributed by atoms with Crippen LogP contribution in [0.4, 0.5) is 28.8 Å². The third kappa shape index (κ3) is 9.31. The van der Waals surface area contributed by atoms with Crippen molar-refractivity contribution >= 4 is 75.9 Å². The molecule has 3 aliphatic rings. The molecule has 1 fully saturated rings. The summed E-state index contributed by atoms with van der Waals surface area (Å²) in [4.78, 5) is 90.4. The van der Waals surface area contributed by atoms with Crippen molar-refractivity contribution in [3.05, 3.63) is 94.1 Å². The lowest BCUT2D eigenvalue weighted by molar-refractivity contribution is -0.136. The zero-order valence-electron chi connectivity index (χ0n) is 34.4. The molecule has 18 nitrogen and oxygen atoms in total. The summed E-state index contributed by atoms with van der Waals surface area (Å²) in [6.07, 6.45) is 2.30. The van der Waals surface area contributed by atoms with Crippen LogP contribution < -0.4 is 35.8 Å². The SMILES string of the molecule is CC[C@@H]1C(=O)N(C)c2cnc(Nc3ccc(C(=O)NCCOCCOCCNc4cccc5c4C(=O)N(C4CCC(=O)NC4=O)C5=O)cc3OC)nc2N1Cc1ccc(Cl)cc1. The number of methoxy groups -OCH3 is 1. The number of fused-ring (bicyclic) bond motifs is 2. The van der Waals surface area contributed by atoms with Gasteiger partial charge in [0.25, 0.3) is 17.7 Å². The minimum absolute atomic E-state index is 0.0424. The maximum atomic E-state index is 13.3. The zero-order chi connectivity index (χ0) is 43.9. The first kappa shape index (κ1) is 43.5. The Balaban J connectivity index is 0.848. The van der Waals surface area contributed by atoms with E-state index in [0.717, 1.165) is 10.5 Å². The molecule has 1 aromatic heterocycles. The maximum absolute atomic E-state index is 13.3. The fourth-order valence-corrected chi connectivity index (χ4v) is 7.63. The van der Waals surface area contributed by atoms with E-state index in [1.807, 2.05) is 36.1 Å². The third-order valence-corrected chi connectivity index (χ3v) is 10.9. The highest BCUT2D eigenvalue weighted by Crippen LogP contribution is 2.37. The molecule has 0 bridgehead atoms. The number of carbonyl (C=O) groups excluding carboxylic acids is 6. The van der Waals surface area contributed by atoms with E-state index in [2.05, 4.69) is 26.3 Å². The number of piperidine rings is 1. The first-order valence-corrected chi connectivity index (χ1v) is 20.5. The lowest BCUT2D eigenvalue weighted by Gasteiger charge is -2.40. The fourth-order valence-electron chi connectivity index (χ4n) is 7.50. The van der Waals surface area contributed by atoms with Gasteiger partial charge in [-0.05, 0) is 60.9 Å². The van der Waals surface area contributed by atoms with Gasteiger partial charge in [0, 0.05) is 49.4 Å². The highest BCUT2D eigenvalue weighted by atomic mass is 35.5. The van der Waals surface area contributed by atoms with Crippen molar-refractivity contribution in [2.75, 3.05) is 74.1 Å². The summed E-state index contributed by atoms with van der Waals surface area (Å²) >= 11 is 6.12. The van der Waals surface area contributed by atoms with E-state index in [4.69, 9.17) is 30.8 Å². The molecule has 4 aromatic rings. The van der Waals surface area contributed by atoms with Gasteiger partial charge < -0.3 is 40.0 Å². The van der Waals surface area contributed by atoms with Gasteiger partial charge in [-0.1, -0.05) is 36.7 Å². The summed E-state index contributed by atoms with van der Waals surface area (Å²) in [7, 11) is 3.21. The second-order valence-corrected chi connectivity index (χ2v) is 15.0. The second-order valence-electron chi connectivity index (χ2n) is 14.6. The molecule has 2 atom stereocenters. The maximum Gasteiger partial charge on any atom is 0.264 e. The molecule has 0 aliphatic carbocycles. The quantitative estimate of drug-likeness (QED) is 0.0825. The Hall–Kier alpha value is -6.63. The first-order chi connectivity index (χ1) is 30.0. The topological polar surface area (TPSA) is 214 Å². The highest BCUT2D eigenvalue weighted by molar-refractivity contribution is 6.30. The van der Waals surface area contributed by atoms with Crippen molar-refractivity contribution in [3.8, 4) is 5.75 Å². The average Bonchev–Trinajstić information content (AvgIpc) is 3.52. The van der Waals surface area contributed by atoms with E-state index in [1.54, 1.807) is 48.5 Å². The van der Waals surface area contributed by atoms with Crippen LogP contribution in [0.25, 0.3) is 0 Å². The van der Waals surface area contributed by atoms with Crippen LogP contribution >= 0.6 is 11.6 Å². The smallest absolute Gasteiger partial charge is 0.264 e. The Morgan fingerprint density at radius 1 is 0.935 bits per heavy atom. The minimum Gasteiger partial charge on any atom is -0.495 e. The predicted octanol–water partition coefficient (Wildman–Crippen LogP) is 3.92. The average molecular weight is 868 g/mol. The van der Waals surface area contributed by atoms with Crippen molar-refractivity contribution in [1.82, 2.24) is 25.5 Å². The van der Waals surface area contributed by atoms with Crippen LogP contribution in [0, 0.1) is 0 Å². The number of likely N-dealkylation sites (N-methyl/N-ethyl adjacent to an activating group) is 1. The van der Waals surface area contributed by atoms with E-state index in [0.29, 0.717) is 58.7 Å². The molecule has 0 saturated carbocycles. The van der Waals surface area contributed by atoms with Gasteiger partial charge in [0.05, 0.1) is 56.5 Å². The standard InChI is InChI=1S/C43H46ClN9O9/c1-4-31-41(58)51(2)33-23-47-43(50-37(33)52(31)24-25-8-11-27(44)12-9-25)48-29-13-10-26(22-34(29)60-3)38(55)46-17-19-62-21-20-61-18-16-45-30-7-5-6-28-36(30)42(59)53(40(28)57)32-14-15-35(54)49-39(32)56/h5-13,22-23,31-32,45H,4,14-21,24H2,1-3H3,(H,46,55)(H,47,48,50)(H,49,54,56)/t31-,32?/m1/s1. The van der Waals surface area contributed by atoms with Gasteiger partial charge in [-0.2, -0.15) is 4.98 Å². The van der Waals surface area contributed by atoms with Crippen LogP contribution in [-0.2, 0) is 30.4 Å². The van der Waals surface area contributed by atoms with Crippen molar-refractivity contribution < 1.29 is 43.0 Å². The number of aromatic nitrogens is 2. The summed E-state index contributed by atoms with van der Waals surface area (Å²) in [5.74, 6) is -1.37. The number of rotatable bonds is 18. The van der Waals surface area contributed by atoms with E-state index < -0.39 is 35.7 Å². The monoisotopic (exact) mass is 867 g/mol. The number of ether oxygens (including phenoxy) is 3. The second kappa shape index (κ2) is 19.4. The normalized spacial score (nSPS) is 17.2. The Morgan fingerprint density at radius 3 is 2.42 bits per heavy atom. The largest absolute Gasteiger partial charge is 0.495 e. The summed E-state index contributed by atoms with van der Waals surface area (Å²) in [5, 5.41) is 12.0. The van der Waals surface area contributed by atoms with Crippen molar-refractivity contribution in [2.24, 2.45) is 0 Å². The summed E-state index contributed by atoms with van der Waals surface area (Å²) < 4.78 is 16.9. The third-order valence-electron chi connectivity index (χ3n) is 10.7. The molecular formula is C43H46ClN9O9. The summed E-state index contributed by atoms with van der Waals surface area (Å²) in [6.45, 7) is 4.03. The number of nitrogens with one attached hydrogen (secondary N) is 4. The van der Waals surface area contributed by atoms with Gasteiger partial charge >= 0.3 is 0 Å². The minimum atomic E-state index is -1.04. The molecule has 3 aromatic carbocycles. The Morgan fingerprint density at radius 2 is 1.69 bits per heavy atom. The Bertz CT molecular complexity index is 2380. The molecule has 324 valence electrons. The molecule has 0 spiro atoms. The van der Waals surface area contributed by atoms with Gasteiger partial charge in [-0.3, -0.25) is 39.0 Å². The number of hydrogen-bond acceptors (Lipinski definition) is 14. The molecule has 7 rings (SSSR count). The zero-order valence-corrected chi connectivity index (χ0v) is 35.1. The fraction of sp³-hybridized carbons (Fsp3) is 0.349. The molecule has 19 heteroatoms. The number of nitrogens with zero attached hydrogens (tertiary/aromatic N) is 5. The number of anilines is 5. The number of hydrogen-bond donors (Lipinski definition) is 4. The number of amides is 6.